The fourth-order valence-corrected chi connectivity index (χ4v) is 1.41. The summed E-state index contributed by atoms with van der Waals surface area (Å²) in [6.45, 7) is 10.0. The van der Waals surface area contributed by atoms with Gasteiger partial charge in [0.05, 0.1) is 12.7 Å². The van der Waals surface area contributed by atoms with E-state index in [1.54, 1.807) is 0 Å². The maximum absolute atomic E-state index is 5.79. The first-order valence-corrected chi connectivity index (χ1v) is 6.35. The molecule has 96 valence electrons. The van der Waals surface area contributed by atoms with Gasteiger partial charge >= 0.3 is 0 Å². The third-order valence-electron chi connectivity index (χ3n) is 3.47. The molecule has 1 unspecified atom stereocenters. The molecule has 0 aromatic heterocycles. The molecule has 2 heteroatoms. The summed E-state index contributed by atoms with van der Waals surface area (Å²) in [5.74, 6) is 0.901. The molecular formula is C15H24O2. The molecule has 0 fully saturated rings. The van der Waals surface area contributed by atoms with E-state index in [0.29, 0.717) is 13.2 Å². The van der Waals surface area contributed by atoms with Gasteiger partial charge in [-0.2, -0.15) is 0 Å². The minimum absolute atomic E-state index is 0.229. The molecular weight excluding hydrogens is 212 g/mol. The van der Waals surface area contributed by atoms with Gasteiger partial charge in [0.1, 0.15) is 12.4 Å². The minimum Gasteiger partial charge on any atom is -0.491 e. The van der Waals surface area contributed by atoms with Gasteiger partial charge in [-0.05, 0) is 30.9 Å². The summed E-state index contributed by atoms with van der Waals surface area (Å²) in [6.07, 6.45) is 1.38. The number of ether oxygens (including phenoxy) is 2. The van der Waals surface area contributed by atoms with Crippen LogP contribution >= 0.6 is 0 Å². The van der Waals surface area contributed by atoms with E-state index in [-0.39, 0.29) is 11.5 Å². The van der Waals surface area contributed by atoms with Crippen molar-refractivity contribution in [1.82, 2.24) is 0 Å². The Hall–Kier alpha value is -1.02. The van der Waals surface area contributed by atoms with Crippen LogP contribution in [0.5, 0.6) is 5.75 Å². The highest BCUT2D eigenvalue weighted by Gasteiger charge is 2.24. The zero-order valence-corrected chi connectivity index (χ0v) is 11.4. The number of hydrogen-bond donors (Lipinski definition) is 0. The van der Waals surface area contributed by atoms with Gasteiger partial charge in [-0.25, -0.2) is 0 Å². The Morgan fingerprint density at radius 2 is 1.76 bits per heavy atom. The van der Waals surface area contributed by atoms with Gasteiger partial charge in [0.2, 0.25) is 0 Å². The molecule has 0 aliphatic heterocycles. The van der Waals surface area contributed by atoms with E-state index >= 15 is 0 Å². The molecule has 1 aromatic rings. The predicted molar refractivity (Wildman–Crippen MR) is 71.4 cm³/mol. The molecule has 2 nitrogen and oxygen atoms in total. The Kier molecular flexibility index (Phi) is 5.49. The van der Waals surface area contributed by atoms with Gasteiger partial charge in [0.15, 0.2) is 0 Å². The van der Waals surface area contributed by atoms with Crippen molar-refractivity contribution in [3.8, 4) is 5.75 Å². The lowest BCUT2D eigenvalue weighted by Crippen LogP contribution is -2.30. The smallest absolute Gasteiger partial charge is 0.119 e. The highest BCUT2D eigenvalue weighted by atomic mass is 16.5. The van der Waals surface area contributed by atoms with Gasteiger partial charge < -0.3 is 9.47 Å². The Balaban J connectivity index is 2.21. The third-order valence-corrected chi connectivity index (χ3v) is 3.47. The molecule has 0 aliphatic rings. The van der Waals surface area contributed by atoms with Crippen molar-refractivity contribution in [2.24, 2.45) is 5.41 Å². The summed E-state index contributed by atoms with van der Waals surface area (Å²) in [7, 11) is 0. The molecule has 0 aliphatic carbocycles. The lowest BCUT2D eigenvalue weighted by molar-refractivity contribution is -0.0253. The summed E-state index contributed by atoms with van der Waals surface area (Å²) in [5, 5.41) is 0. The number of para-hydroxylation sites is 1. The van der Waals surface area contributed by atoms with Gasteiger partial charge in [-0.3, -0.25) is 0 Å². The second kappa shape index (κ2) is 6.65. The molecule has 1 rings (SSSR count). The van der Waals surface area contributed by atoms with Crippen molar-refractivity contribution in [3.63, 3.8) is 0 Å². The van der Waals surface area contributed by atoms with Crippen LogP contribution in [0.3, 0.4) is 0 Å². The molecule has 0 radical (unpaired) electrons. The van der Waals surface area contributed by atoms with E-state index in [1.807, 2.05) is 30.3 Å². The largest absolute Gasteiger partial charge is 0.491 e. The van der Waals surface area contributed by atoms with Crippen LogP contribution in [0, 0.1) is 5.41 Å². The highest BCUT2D eigenvalue weighted by Crippen LogP contribution is 2.26. The second-order valence-corrected chi connectivity index (χ2v) is 5.02. The molecule has 0 N–H and O–H groups in total. The summed E-state index contributed by atoms with van der Waals surface area (Å²) >= 11 is 0. The van der Waals surface area contributed by atoms with E-state index in [1.165, 1.54) is 0 Å². The van der Waals surface area contributed by atoms with Crippen molar-refractivity contribution < 1.29 is 9.47 Å². The average molecular weight is 236 g/mol. The Morgan fingerprint density at radius 1 is 1.12 bits per heavy atom. The topological polar surface area (TPSA) is 18.5 Å². The Morgan fingerprint density at radius 3 is 2.35 bits per heavy atom. The van der Waals surface area contributed by atoms with Crippen LogP contribution in [0.4, 0.5) is 0 Å². The van der Waals surface area contributed by atoms with E-state index < -0.39 is 0 Å². The van der Waals surface area contributed by atoms with Gasteiger partial charge in [0.25, 0.3) is 0 Å². The molecule has 17 heavy (non-hydrogen) atoms. The summed E-state index contributed by atoms with van der Waals surface area (Å²) < 4.78 is 11.4. The molecule has 1 aromatic carbocycles. The number of hydrogen-bond acceptors (Lipinski definition) is 2. The van der Waals surface area contributed by atoms with Crippen LogP contribution in [0.15, 0.2) is 30.3 Å². The van der Waals surface area contributed by atoms with Crippen LogP contribution in [0.25, 0.3) is 0 Å². The maximum atomic E-state index is 5.79. The SMILES string of the molecule is CCC(C)(C)C(C)OCCOc1ccccc1. The van der Waals surface area contributed by atoms with Gasteiger partial charge in [-0.15, -0.1) is 0 Å². The van der Waals surface area contributed by atoms with E-state index in [2.05, 4.69) is 27.7 Å². The van der Waals surface area contributed by atoms with Crippen molar-refractivity contribution in [2.75, 3.05) is 13.2 Å². The molecule has 0 saturated carbocycles. The average Bonchev–Trinajstić information content (AvgIpc) is 2.35. The van der Waals surface area contributed by atoms with Crippen LogP contribution in [0.1, 0.15) is 34.1 Å². The molecule has 0 bridgehead atoms. The van der Waals surface area contributed by atoms with Crippen LogP contribution in [0.2, 0.25) is 0 Å². The van der Waals surface area contributed by atoms with Crippen molar-refractivity contribution in [2.45, 2.75) is 40.2 Å². The standard InChI is InChI=1S/C15H24O2/c1-5-15(3,4)13(2)16-11-12-17-14-9-7-6-8-10-14/h6-10,13H,5,11-12H2,1-4H3. The van der Waals surface area contributed by atoms with Crippen LogP contribution in [-0.4, -0.2) is 19.3 Å². The number of benzene rings is 1. The second-order valence-electron chi connectivity index (χ2n) is 5.02. The predicted octanol–water partition coefficient (Wildman–Crippen LogP) is 3.91. The van der Waals surface area contributed by atoms with E-state index in [9.17, 15) is 0 Å². The zero-order valence-electron chi connectivity index (χ0n) is 11.4. The monoisotopic (exact) mass is 236 g/mol. The van der Waals surface area contributed by atoms with Gasteiger partial charge in [-0.1, -0.05) is 39.0 Å². The van der Waals surface area contributed by atoms with Crippen molar-refractivity contribution in [1.29, 1.82) is 0 Å². The van der Waals surface area contributed by atoms with E-state index in [4.69, 9.17) is 9.47 Å². The van der Waals surface area contributed by atoms with Crippen molar-refractivity contribution in [3.05, 3.63) is 30.3 Å². The highest BCUT2D eigenvalue weighted by molar-refractivity contribution is 5.20. The summed E-state index contributed by atoms with van der Waals surface area (Å²) in [5.41, 5.74) is 0.229. The number of rotatable bonds is 7. The normalized spacial score (nSPS) is 13.4. The fraction of sp³-hybridized carbons (Fsp3) is 0.600. The Bertz CT molecular complexity index is 306. The van der Waals surface area contributed by atoms with Crippen LogP contribution < -0.4 is 4.74 Å². The lowest BCUT2D eigenvalue weighted by atomic mass is 9.85. The Labute approximate surface area is 105 Å². The summed E-state index contributed by atoms with van der Waals surface area (Å²) in [6, 6.07) is 9.84. The van der Waals surface area contributed by atoms with Gasteiger partial charge in [0, 0.05) is 0 Å². The first-order valence-electron chi connectivity index (χ1n) is 6.35. The molecule has 0 heterocycles. The first kappa shape index (κ1) is 14.0. The molecule has 0 spiro atoms. The molecule has 0 amide bonds. The van der Waals surface area contributed by atoms with Crippen LogP contribution in [-0.2, 0) is 4.74 Å². The quantitative estimate of drug-likeness (QED) is 0.668. The lowest BCUT2D eigenvalue weighted by Gasteiger charge is -2.30. The zero-order chi connectivity index (χ0) is 12.7. The molecule has 1 atom stereocenters. The maximum Gasteiger partial charge on any atom is 0.119 e. The summed E-state index contributed by atoms with van der Waals surface area (Å²) in [4.78, 5) is 0. The third kappa shape index (κ3) is 4.78. The minimum atomic E-state index is 0.229. The fourth-order valence-electron chi connectivity index (χ4n) is 1.41. The van der Waals surface area contributed by atoms with E-state index in [0.717, 1.165) is 12.2 Å². The van der Waals surface area contributed by atoms with Crippen molar-refractivity contribution >= 4 is 0 Å². The molecule has 0 saturated heterocycles. The first-order chi connectivity index (χ1) is 8.06.